The van der Waals surface area contributed by atoms with E-state index in [1.807, 2.05) is 12.2 Å². The van der Waals surface area contributed by atoms with Crippen LogP contribution in [0.15, 0.2) is 68.9 Å². The Balaban J connectivity index is 1.47. The molecule has 4 atom stereocenters. The molecular weight excluding hydrogens is 408 g/mol. The second-order valence-corrected chi connectivity index (χ2v) is 9.15. The number of amidine groups is 1. The van der Waals surface area contributed by atoms with Gasteiger partial charge in [-0.3, -0.25) is 9.98 Å². The molecular formula is C27H32N6. The number of nitriles is 2. The molecule has 0 saturated heterocycles. The van der Waals surface area contributed by atoms with Gasteiger partial charge < -0.3 is 11.1 Å². The predicted molar refractivity (Wildman–Crippen MR) is 132 cm³/mol. The first kappa shape index (κ1) is 22.8. The summed E-state index contributed by atoms with van der Waals surface area (Å²) in [6.07, 6.45) is 18.2. The Morgan fingerprint density at radius 3 is 2.91 bits per heavy atom. The van der Waals surface area contributed by atoms with Gasteiger partial charge >= 0.3 is 0 Å². The van der Waals surface area contributed by atoms with Crippen molar-refractivity contribution in [2.45, 2.75) is 51.5 Å². The first-order valence-electron chi connectivity index (χ1n) is 12.0. The average Bonchev–Trinajstić information content (AvgIpc) is 3.35. The van der Waals surface area contributed by atoms with Crippen LogP contribution in [0, 0.1) is 40.4 Å². The maximum Gasteiger partial charge on any atom is 0.101 e. The van der Waals surface area contributed by atoms with Gasteiger partial charge in [0.05, 0.1) is 42.6 Å². The van der Waals surface area contributed by atoms with Crippen molar-refractivity contribution in [2.75, 3.05) is 13.1 Å². The van der Waals surface area contributed by atoms with Crippen LogP contribution < -0.4 is 11.1 Å². The summed E-state index contributed by atoms with van der Waals surface area (Å²) < 4.78 is 0. The third kappa shape index (κ3) is 5.34. The Kier molecular flexibility index (Phi) is 7.25. The van der Waals surface area contributed by atoms with Crippen molar-refractivity contribution in [3.05, 3.63) is 58.9 Å². The molecule has 0 aromatic carbocycles. The Labute approximate surface area is 196 Å². The number of fused-ring (bicyclic) bond motifs is 1. The van der Waals surface area contributed by atoms with E-state index in [9.17, 15) is 5.26 Å². The van der Waals surface area contributed by atoms with Gasteiger partial charge in [-0.25, -0.2) is 0 Å². The van der Waals surface area contributed by atoms with E-state index in [1.165, 1.54) is 11.1 Å². The molecule has 3 N–H and O–H groups in total. The number of aliphatic imine (C=N–C) groups is 2. The lowest BCUT2D eigenvalue weighted by molar-refractivity contribution is 0.554. The summed E-state index contributed by atoms with van der Waals surface area (Å²) in [5, 5.41) is 22.1. The average molecular weight is 441 g/mol. The molecule has 3 aliphatic carbocycles. The topological polar surface area (TPSA) is 110 Å². The molecule has 33 heavy (non-hydrogen) atoms. The molecule has 4 unspecified atom stereocenters. The standard InChI is InChI=1S/C27H32N6/c1-2-24(17-32-27(30)20-8-6-18(15-28)7-9-20)33-25-14-23(13-22-10-11-31-26(22)25)21-5-3-4-19(12-21)16-29/h5-6,8,10,12,14,18,20,23-24,33H,2-4,7,9,11,13,17H2,1H3,(H2,30,32). The zero-order valence-electron chi connectivity index (χ0n) is 19.3. The molecule has 4 rings (SSSR count). The SMILES string of the molecule is CCC(CN=C(N)C1C=CC(C#N)CC1)NC1=CC(C2=CCCC(C#N)=C2)CC2=CCN=C21. The van der Waals surface area contributed by atoms with Gasteiger partial charge in [0.2, 0.25) is 0 Å². The molecule has 4 aliphatic rings. The summed E-state index contributed by atoms with van der Waals surface area (Å²) in [7, 11) is 0. The zero-order chi connectivity index (χ0) is 23.2. The molecule has 0 bridgehead atoms. The molecule has 0 spiro atoms. The van der Waals surface area contributed by atoms with E-state index < -0.39 is 0 Å². The molecule has 0 aromatic rings. The van der Waals surface area contributed by atoms with E-state index in [0.29, 0.717) is 12.4 Å². The second kappa shape index (κ2) is 10.5. The lowest BCUT2D eigenvalue weighted by atomic mass is 9.81. The maximum atomic E-state index is 9.34. The third-order valence-corrected chi connectivity index (χ3v) is 6.92. The smallest absolute Gasteiger partial charge is 0.101 e. The Morgan fingerprint density at radius 1 is 1.30 bits per heavy atom. The number of hydrogen-bond donors (Lipinski definition) is 2. The summed E-state index contributed by atoms with van der Waals surface area (Å²) in [6.45, 7) is 3.49. The molecule has 0 fully saturated rings. The fourth-order valence-electron chi connectivity index (χ4n) is 4.87. The van der Waals surface area contributed by atoms with Crippen LogP contribution in [0.1, 0.15) is 45.4 Å². The van der Waals surface area contributed by atoms with Gasteiger partial charge in [-0.1, -0.05) is 37.3 Å². The van der Waals surface area contributed by atoms with E-state index in [-0.39, 0.29) is 23.8 Å². The number of hydrogen-bond acceptors (Lipinski definition) is 5. The zero-order valence-corrected chi connectivity index (χ0v) is 19.3. The highest BCUT2D eigenvalue weighted by Crippen LogP contribution is 2.35. The number of allylic oxidation sites excluding steroid dienone is 7. The van der Waals surface area contributed by atoms with E-state index in [2.05, 4.69) is 48.7 Å². The van der Waals surface area contributed by atoms with Crippen molar-refractivity contribution >= 4 is 11.5 Å². The molecule has 0 amide bonds. The van der Waals surface area contributed by atoms with Crippen LogP contribution in [0.5, 0.6) is 0 Å². The van der Waals surface area contributed by atoms with E-state index in [0.717, 1.165) is 62.1 Å². The van der Waals surface area contributed by atoms with Gasteiger partial charge in [0, 0.05) is 23.5 Å². The van der Waals surface area contributed by atoms with Gasteiger partial charge in [0.15, 0.2) is 0 Å². The maximum absolute atomic E-state index is 9.34. The summed E-state index contributed by atoms with van der Waals surface area (Å²) in [5.74, 6) is 1.03. The van der Waals surface area contributed by atoms with Crippen molar-refractivity contribution in [3.63, 3.8) is 0 Å². The van der Waals surface area contributed by atoms with Crippen molar-refractivity contribution in [1.29, 1.82) is 10.5 Å². The normalized spacial score (nSPS) is 27.7. The summed E-state index contributed by atoms with van der Waals surface area (Å²) >= 11 is 0. The van der Waals surface area contributed by atoms with Crippen LogP contribution in [0.25, 0.3) is 0 Å². The van der Waals surface area contributed by atoms with E-state index in [4.69, 9.17) is 21.0 Å². The molecule has 6 nitrogen and oxygen atoms in total. The minimum atomic E-state index is -0.00177. The van der Waals surface area contributed by atoms with Crippen molar-refractivity contribution < 1.29 is 0 Å². The first-order chi connectivity index (χ1) is 16.1. The number of nitrogens with zero attached hydrogens (tertiary/aromatic N) is 4. The Bertz CT molecular complexity index is 1070. The van der Waals surface area contributed by atoms with Crippen LogP contribution in [-0.2, 0) is 0 Å². The highest BCUT2D eigenvalue weighted by Gasteiger charge is 2.28. The van der Waals surface area contributed by atoms with Crippen LogP contribution in [0.2, 0.25) is 0 Å². The molecule has 6 heteroatoms. The van der Waals surface area contributed by atoms with Gasteiger partial charge in [-0.15, -0.1) is 0 Å². The van der Waals surface area contributed by atoms with Crippen LogP contribution in [0.4, 0.5) is 0 Å². The first-order valence-corrected chi connectivity index (χ1v) is 12.0. The van der Waals surface area contributed by atoms with Crippen LogP contribution in [-0.4, -0.2) is 30.7 Å². The molecule has 0 saturated carbocycles. The molecule has 1 aliphatic heterocycles. The van der Waals surface area contributed by atoms with Gasteiger partial charge in [0.25, 0.3) is 0 Å². The highest BCUT2D eigenvalue weighted by atomic mass is 15.0. The molecule has 170 valence electrons. The Hall–Kier alpha value is -3.38. The lowest BCUT2D eigenvalue weighted by Gasteiger charge is -2.29. The quantitative estimate of drug-likeness (QED) is 0.350. The summed E-state index contributed by atoms with van der Waals surface area (Å²) in [6, 6.07) is 4.78. The van der Waals surface area contributed by atoms with Gasteiger partial charge in [-0.05, 0) is 55.7 Å². The number of nitrogens with one attached hydrogen (secondary N) is 1. The van der Waals surface area contributed by atoms with E-state index >= 15 is 0 Å². The minimum absolute atomic E-state index is 0.00177. The number of rotatable bonds is 7. The summed E-state index contributed by atoms with van der Waals surface area (Å²) in [4.78, 5) is 9.44. The number of nitrogens with two attached hydrogens (primary N) is 1. The van der Waals surface area contributed by atoms with Crippen molar-refractivity contribution in [1.82, 2.24) is 5.32 Å². The molecule has 0 aromatic heterocycles. The fraction of sp³-hybridized carbons (Fsp3) is 0.481. The predicted octanol–water partition coefficient (Wildman–Crippen LogP) is 4.27. The summed E-state index contributed by atoms with van der Waals surface area (Å²) in [5.41, 5.74) is 11.8. The Morgan fingerprint density at radius 2 is 2.18 bits per heavy atom. The van der Waals surface area contributed by atoms with Gasteiger partial charge in [0.1, 0.15) is 5.84 Å². The monoisotopic (exact) mass is 440 g/mol. The van der Waals surface area contributed by atoms with Crippen LogP contribution in [0.3, 0.4) is 0 Å². The largest absolute Gasteiger partial charge is 0.387 e. The van der Waals surface area contributed by atoms with Crippen molar-refractivity contribution in [3.8, 4) is 12.1 Å². The minimum Gasteiger partial charge on any atom is -0.387 e. The third-order valence-electron chi connectivity index (χ3n) is 6.92. The lowest BCUT2D eigenvalue weighted by Crippen LogP contribution is -2.37. The highest BCUT2D eigenvalue weighted by molar-refractivity contribution is 6.14. The van der Waals surface area contributed by atoms with Crippen molar-refractivity contribution in [2.24, 2.45) is 33.5 Å². The molecule has 1 heterocycles. The second-order valence-electron chi connectivity index (χ2n) is 9.15. The fourth-order valence-corrected chi connectivity index (χ4v) is 4.87. The van der Waals surface area contributed by atoms with Crippen LogP contribution >= 0.6 is 0 Å². The van der Waals surface area contributed by atoms with Gasteiger partial charge in [-0.2, -0.15) is 10.5 Å². The molecule has 0 radical (unpaired) electrons. The van der Waals surface area contributed by atoms with E-state index in [1.54, 1.807) is 0 Å².